The molecule has 1 aliphatic carbocycles. The van der Waals surface area contributed by atoms with Crippen molar-refractivity contribution in [2.75, 3.05) is 0 Å². The molecule has 0 saturated heterocycles. The molecule has 1 rings (SSSR count). The minimum Gasteiger partial charge on any atom is -0.481 e. The van der Waals surface area contributed by atoms with Crippen LogP contribution in [0.25, 0.3) is 0 Å². The molecule has 1 saturated carbocycles. The lowest BCUT2D eigenvalue weighted by Gasteiger charge is -2.46. The van der Waals surface area contributed by atoms with Crippen molar-refractivity contribution >= 4 is 11.9 Å². The van der Waals surface area contributed by atoms with Crippen molar-refractivity contribution in [1.82, 2.24) is 5.32 Å². The highest BCUT2D eigenvalue weighted by atomic mass is 16.4. The number of carboxylic acid groups (broad SMARTS) is 1. The molecule has 94 valence electrons. The zero-order valence-corrected chi connectivity index (χ0v) is 10.5. The minimum absolute atomic E-state index is 0.0378. The zero-order chi connectivity index (χ0) is 13.2. The Kier molecular flexibility index (Phi) is 3.82. The second kappa shape index (κ2) is 4.79. The maximum Gasteiger partial charge on any atom is 0.307 e. The summed E-state index contributed by atoms with van der Waals surface area (Å²) < 4.78 is 0. The van der Waals surface area contributed by atoms with Crippen LogP contribution in [0.5, 0.6) is 0 Å². The molecule has 0 spiro atoms. The number of carboxylic acids is 1. The van der Waals surface area contributed by atoms with Crippen molar-refractivity contribution in [3.63, 3.8) is 0 Å². The van der Waals surface area contributed by atoms with Gasteiger partial charge in [0.15, 0.2) is 0 Å². The summed E-state index contributed by atoms with van der Waals surface area (Å²) in [6, 6.07) is -0.0378. The van der Waals surface area contributed by atoms with Crippen LogP contribution in [-0.4, -0.2) is 23.0 Å². The third-order valence-electron chi connectivity index (χ3n) is 4.19. The van der Waals surface area contributed by atoms with Crippen LogP contribution in [0.15, 0.2) is 0 Å². The van der Waals surface area contributed by atoms with E-state index in [1.54, 1.807) is 0 Å². The monoisotopic (exact) mass is 237 g/mol. The number of carbonyl (C=O) groups is 2. The standard InChI is InChI=1S/C13H19NO3/c1-5-11(15)14-10-7-6-9(12(16)17)13(3,4)8(10)2/h1,8-10H,6-7H2,2-4H3,(H,14,15)(H,16,17). The van der Waals surface area contributed by atoms with Crippen molar-refractivity contribution in [2.24, 2.45) is 17.3 Å². The SMILES string of the molecule is C#CC(=O)NC1CCC(C(=O)O)C(C)(C)C1C. The summed E-state index contributed by atoms with van der Waals surface area (Å²) >= 11 is 0. The van der Waals surface area contributed by atoms with Gasteiger partial charge in [-0.15, -0.1) is 6.42 Å². The van der Waals surface area contributed by atoms with E-state index in [9.17, 15) is 14.7 Å². The van der Waals surface area contributed by atoms with E-state index in [2.05, 4.69) is 5.32 Å². The quantitative estimate of drug-likeness (QED) is 0.711. The summed E-state index contributed by atoms with van der Waals surface area (Å²) in [7, 11) is 0. The van der Waals surface area contributed by atoms with Gasteiger partial charge in [0.1, 0.15) is 0 Å². The van der Waals surface area contributed by atoms with Crippen LogP contribution in [-0.2, 0) is 9.59 Å². The average Bonchev–Trinajstić information content (AvgIpc) is 2.24. The summed E-state index contributed by atoms with van der Waals surface area (Å²) in [4.78, 5) is 22.4. The topological polar surface area (TPSA) is 66.4 Å². The number of terminal acetylenes is 1. The maximum atomic E-state index is 11.2. The fourth-order valence-electron chi connectivity index (χ4n) is 2.65. The Balaban J connectivity index is 2.82. The molecule has 4 heteroatoms. The van der Waals surface area contributed by atoms with Gasteiger partial charge in [-0.1, -0.05) is 20.8 Å². The van der Waals surface area contributed by atoms with Gasteiger partial charge in [0, 0.05) is 6.04 Å². The molecular weight excluding hydrogens is 218 g/mol. The zero-order valence-electron chi connectivity index (χ0n) is 10.5. The minimum atomic E-state index is -0.761. The van der Waals surface area contributed by atoms with Crippen LogP contribution in [0.1, 0.15) is 33.6 Å². The summed E-state index contributed by atoms with van der Waals surface area (Å²) in [5.74, 6) is 0.557. The van der Waals surface area contributed by atoms with Crippen LogP contribution in [0.2, 0.25) is 0 Å². The molecule has 3 atom stereocenters. The molecule has 0 aromatic heterocycles. The van der Waals surface area contributed by atoms with E-state index >= 15 is 0 Å². The average molecular weight is 237 g/mol. The number of hydrogen-bond donors (Lipinski definition) is 2. The van der Waals surface area contributed by atoms with Gasteiger partial charge in [0.05, 0.1) is 5.92 Å². The van der Waals surface area contributed by atoms with Crippen LogP contribution < -0.4 is 5.32 Å². The highest BCUT2D eigenvalue weighted by molar-refractivity contribution is 5.93. The van der Waals surface area contributed by atoms with Crippen molar-refractivity contribution in [1.29, 1.82) is 0 Å². The molecule has 2 N–H and O–H groups in total. The smallest absolute Gasteiger partial charge is 0.307 e. The van der Waals surface area contributed by atoms with Gasteiger partial charge in [-0.3, -0.25) is 9.59 Å². The van der Waals surface area contributed by atoms with Gasteiger partial charge in [-0.05, 0) is 30.1 Å². The van der Waals surface area contributed by atoms with Gasteiger partial charge in [0.2, 0.25) is 0 Å². The van der Waals surface area contributed by atoms with Crippen molar-refractivity contribution < 1.29 is 14.7 Å². The number of aliphatic carboxylic acids is 1. The predicted molar refractivity (Wildman–Crippen MR) is 64.1 cm³/mol. The molecule has 17 heavy (non-hydrogen) atoms. The molecule has 0 aromatic carbocycles. The van der Waals surface area contributed by atoms with E-state index in [0.29, 0.717) is 12.8 Å². The first-order valence-corrected chi connectivity index (χ1v) is 5.80. The largest absolute Gasteiger partial charge is 0.481 e. The van der Waals surface area contributed by atoms with E-state index in [0.717, 1.165) is 0 Å². The molecule has 1 aliphatic rings. The predicted octanol–water partition coefficient (Wildman–Crippen LogP) is 1.26. The Morgan fingerprint density at radius 2 is 2.00 bits per heavy atom. The number of rotatable bonds is 2. The van der Waals surface area contributed by atoms with E-state index in [-0.39, 0.29) is 23.3 Å². The summed E-state index contributed by atoms with van der Waals surface area (Å²) in [5.41, 5.74) is -0.351. The third kappa shape index (κ3) is 2.60. The lowest BCUT2D eigenvalue weighted by Crippen LogP contribution is -2.52. The number of carbonyl (C=O) groups excluding carboxylic acids is 1. The molecule has 4 nitrogen and oxygen atoms in total. The lowest BCUT2D eigenvalue weighted by molar-refractivity contribution is -0.150. The lowest BCUT2D eigenvalue weighted by atomic mass is 9.61. The molecule has 1 amide bonds. The van der Waals surface area contributed by atoms with Crippen molar-refractivity contribution in [3.8, 4) is 12.3 Å². The normalized spacial score (nSPS) is 31.3. The van der Waals surface area contributed by atoms with Crippen LogP contribution >= 0.6 is 0 Å². The Labute approximate surface area is 102 Å². The van der Waals surface area contributed by atoms with E-state index in [1.807, 2.05) is 26.7 Å². The molecule has 0 bridgehead atoms. The Morgan fingerprint density at radius 3 is 2.47 bits per heavy atom. The molecule has 0 heterocycles. The molecule has 0 radical (unpaired) electrons. The summed E-state index contributed by atoms with van der Waals surface area (Å²) in [5, 5.41) is 12.0. The first-order chi connectivity index (χ1) is 7.80. The van der Waals surface area contributed by atoms with Gasteiger partial charge < -0.3 is 10.4 Å². The second-order valence-electron chi connectivity index (χ2n) is 5.30. The first kappa shape index (κ1) is 13.6. The second-order valence-corrected chi connectivity index (χ2v) is 5.30. The Morgan fingerprint density at radius 1 is 1.41 bits per heavy atom. The van der Waals surface area contributed by atoms with E-state index < -0.39 is 11.9 Å². The van der Waals surface area contributed by atoms with Gasteiger partial charge >= 0.3 is 5.97 Å². The molecule has 1 fully saturated rings. The first-order valence-electron chi connectivity index (χ1n) is 5.80. The van der Waals surface area contributed by atoms with Crippen molar-refractivity contribution in [3.05, 3.63) is 0 Å². The highest BCUT2D eigenvalue weighted by Gasteiger charge is 2.46. The van der Waals surface area contributed by atoms with Gasteiger partial charge in [0.25, 0.3) is 5.91 Å². The van der Waals surface area contributed by atoms with Crippen molar-refractivity contribution in [2.45, 2.75) is 39.7 Å². The van der Waals surface area contributed by atoms with Crippen LogP contribution in [0, 0.1) is 29.6 Å². The third-order valence-corrected chi connectivity index (χ3v) is 4.19. The highest BCUT2D eigenvalue weighted by Crippen LogP contribution is 2.44. The number of amides is 1. The van der Waals surface area contributed by atoms with Crippen LogP contribution in [0.4, 0.5) is 0 Å². The van der Waals surface area contributed by atoms with E-state index in [1.165, 1.54) is 0 Å². The molecular formula is C13H19NO3. The van der Waals surface area contributed by atoms with Crippen LogP contribution in [0.3, 0.4) is 0 Å². The summed E-state index contributed by atoms with van der Waals surface area (Å²) in [6.07, 6.45) is 6.25. The Bertz CT molecular complexity index is 367. The van der Waals surface area contributed by atoms with E-state index in [4.69, 9.17) is 6.42 Å². The molecule has 3 unspecified atom stereocenters. The maximum absolute atomic E-state index is 11.2. The fraction of sp³-hybridized carbons (Fsp3) is 0.692. The fourth-order valence-corrected chi connectivity index (χ4v) is 2.65. The number of nitrogens with one attached hydrogen (secondary N) is 1. The Hall–Kier alpha value is -1.50. The van der Waals surface area contributed by atoms with Gasteiger partial charge in [-0.25, -0.2) is 0 Å². The summed E-state index contributed by atoms with van der Waals surface area (Å²) in [6.45, 7) is 5.84. The van der Waals surface area contributed by atoms with Gasteiger partial charge in [-0.2, -0.15) is 0 Å². The molecule has 0 aromatic rings. The molecule has 0 aliphatic heterocycles. The number of hydrogen-bond acceptors (Lipinski definition) is 2.